The van der Waals surface area contributed by atoms with E-state index in [-0.39, 0.29) is 23.1 Å². The number of ether oxygens (including phenoxy) is 4. The lowest BCUT2D eigenvalue weighted by molar-refractivity contribution is 0.0703. The molecule has 164 valence electrons. The van der Waals surface area contributed by atoms with Crippen molar-refractivity contribution in [2.75, 3.05) is 14.2 Å². The standard InChI is InChI=1S/C26H18O7/c1-29-17-8-7-16(21(13-17)30-2)11-23-25(27)19-10-9-18(14-22(19)33-23)31-26(28)24-12-15-5-3-4-6-20(15)32-24/h3-14H,1-2H3/b23-11-. The Balaban J connectivity index is 1.38. The molecule has 0 aliphatic carbocycles. The summed E-state index contributed by atoms with van der Waals surface area (Å²) in [6.07, 6.45) is 1.60. The SMILES string of the molecule is COc1ccc(/C=C2\Oc3cc(OC(=O)c4cc5ccccc5o4)ccc3C2=O)c(OC)c1. The van der Waals surface area contributed by atoms with Gasteiger partial charge in [0.25, 0.3) is 0 Å². The molecule has 0 fully saturated rings. The summed E-state index contributed by atoms with van der Waals surface area (Å²) in [6, 6.07) is 18.8. The van der Waals surface area contributed by atoms with Gasteiger partial charge < -0.3 is 23.4 Å². The molecule has 7 nitrogen and oxygen atoms in total. The third-order valence-corrected chi connectivity index (χ3v) is 5.21. The molecule has 4 aromatic rings. The maximum absolute atomic E-state index is 12.8. The molecule has 0 atom stereocenters. The molecule has 0 bridgehead atoms. The van der Waals surface area contributed by atoms with Crippen molar-refractivity contribution < 1.29 is 33.0 Å². The second kappa shape index (κ2) is 8.20. The number of furan rings is 1. The molecule has 0 unspecified atom stereocenters. The third-order valence-electron chi connectivity index (χ3n) is 5.21. The van der Waals surface area contributed by atoms with Crippen molar-refractivity contribution in [2.45, 2.75) is 0 Å². The Morgan fingerprint density at radius 3 is 2.52 bits per heavy atom. The molecule has 0 N–H and O–H groups in total. The first-order chi connectivity index (χ1) is 16.1. The highest BCUT2D eigenvalue weighted by atomic mass is 16.5. The summed E-state index contributed by atoms with van der Waals surface area (Å²) >= 11 is 0. The Kier molecular flexibility index (Phi) is 5.06. The van der Waals surface area contributed by atoms with Crippen molar-refractivity contribution in [3.63, 3.8) is 0 Å². The number of ketones is 1. The zero-order valence-electron chi connectivity index (χ0n) is 17.8. The molecule has 0 radical (unpaired) electrons. The van der Waals surface area contributed by atoms with Crippen LogP contribution in [-0.2, 0) is 0 Å². The number of allylic oxidation sites excluding steroid dienone is 1. The van der Waals surface area contributed by atoms with Gasteiger partial charge in [0.15, 0.2) is 5.76 Å². The number of hydrogen-bond acceptors (Lipinski definition) is 7. The topological polar surface area (TPSA) is 84.2 Å². The highest BCUT2D eigenvalue weighted by Crippen LogP contribution is 2.36. The maximum Gasteiger partial charge on any atom is 0.379 e. The van der Waals surface area contributed by atoms with E-state index in [1.807, 2.05) is 18.2 Å². The summed E-state index contributed by atoms with van der Waals surface area (Å²) in [4.78, 5) is 25.3. The van der Waals surface area contributed by atoms with E-state index in [4.69, 9.17) is 23.4 Å². The molecule has 3 aromatic carbocycles. The van der Waals surface area contributed by atoms with Crippen LogP contribution in [0.3, 0.4) is 0 Å². The minimum absolute atomic E-state index is 0.0841. The number of para-hydroxylation sites is 1. The molecule has 0 amide bonds. The Morgan fingerprint density at radius 2 is 1.73 bits per heavy atom. The summed E-state index contributed by atoms with van der Waals surface area (Å²) in [6.45, 7) is 0. The average molecular weight is 442 g/mol. The third kappa shape index (κ3) is 3.80. The summed E-state index contributed by atoms with van der Waals surface area (Å²) in [5.41, 5.74) is 1.62. The van der Waals surface area contributed by atoms with Gasteiger partial charge in [-0.25, -0.2) is 4.79 Å². The van der Waals surface area contributed by atoms with Crippen molar-refractivity contribution in [3.8, 4) is 23.0 Å². The molecular weight excluding hydrogens is 424 g/mol. The predicted molar refractivity (Wildman–Crippen MR) is 120 cm³/mol. The van der Waals surface area contributed by atoms with Crippen LogP contribution in [-0.4, -0.2) is 26.0 Å². The molecule has 0 saturated heterocycles. The fourth-order valence-electron chi connectivity index (χ4n) is 3.55. The van der Waals surface area contributed by atoms with Gasteiger partial charge in [-0.05, 0) is 42.5 Å². The van der Waals surface area contributed by atoms with E-state index in [0.717, 1.165) is 5.39 Å². The lowest BCUT2D eigenvalue weighted by atomic mass is 10.1. The van der Waals surface area contributed by atoms with Crippen LogP contribution in [0.2, 0.25) is 0 Å². The van der Waals surface area contributed by atoms with E-state index in [1.54, 1.807) is 49.6 Å². The number of fused-ring (bicyclic) bond motifs is 2. The van der Waals surface area contributed by atoms with Crippen LogP contribution in [0.1, 0.15) is 26.5 Å². The van der Waals surface area contributed by atoms with Crippen molar-refractivity contribution >= 4 is 28.8 Å². The number of methoxy groups -OCH3 is 2. The Labute approximate surface area is 188 Å². The molecule has 2 heterocycles. The van der Waals surface area contributed by atoms with Gasteiger partial charge in [-0.2, -0.15) is 0 Å². The van der Waals surface area contributed by atoms with E-state index < -0.39 is 5.97 Å². The summed E-state index contributed by atoms with van der Waals surface area (Å²) in [5, 5.41) is 0.802. The van der Waals surface area contributed by atoms with Gasteiger partial charge in [-0.15, -0.1) is 0 Å². The van der Waals surface area contributed by atoms with E-state index in [2.05, 4.69) is 0 Å². The fourth-order valence-corrected chi connectivity index (χ4v) is 3.55. The first-order valence-electron chi connectivity index (χ1n) is 10.1. The minimum atomic E-state index is -0.644. The number of rotatable bonds is 5. The number of esters is 1. The van der Waals surface area contributed by atoms with Crippen LogP contribution < -0.4 is 18.9 Å². The van der Waals surface area contributed by atoms with E-state index in [0.29, 0.717) is 34.0 Å². The molecule has 5 rings (SSSR count). The van der Waals surface area contributed by atoms with E-state index in [9.17, 15) is 9.59 Å². The van der Waals surface area contributed by atoms with Crippen LogP contribution in [0.25, 0.3) is 17.0 Å². The quantitative estimate of drug-likeness (QED) is 0.236. The van der Waals surface area contributed by atoms with Crippen LogP contribution >= 0.6 is 0 Å². The summed E-state index contributed by atoms with van der Waals surface area (Å²) < 4.78 is 27.3. The van der Waals surface area contributed by atoms with Gasteiger partial charge in [0.2, 0.25) is 11.5 Å². The number of hydrogen-bond donors (Lipinski definition) is 0. The molecule has 7 heteroatoms. The summed E-state index contributed by atoms with van der Waals surface area (Å²) in [5.74, 6) is 0.993. The smallest absolute Gasteiger partial charge is 0.379 e. The van der Waals surface area contributed by atoms with Crippen LogP contribution in [0, 0.1) is 0 Å². The van der Waals surface area contributed by atoms with Gasteiger partial charge in [0.1, 0.15) is 28.6 Å². The Bertz CT molecular complexity index is 1390. The zero-order chi connectivity index (χ0) is 22.9. The number of carbonyl (C=O) groups excluding carboxylic acids is 2. The van der Waals surface area contributed by atoms with Crippen molar-refractivity contribution in [1.82, 2.24) is 0 Å². The second-order valence-electron chi connectivity index (χ2n) is 7.24. The predicted octanol–water partition coefficient (Wildman–Crippen LogP) is 5.29. The molecule has 1 aliphatic heterocycles. The highest BCUT2D eigenvalue weighted by molar-refractivity contribution is 6.14. The van der Waals surface area contributed by atoms with Crippen LogP contribution in [0.5, 0.6) is 23.0 Å². The van der Waals surface area contributed by atoms with Gasteiger partial charge >= 0.3 is 5.97 Å². The fraction of sp³-hybridized carbons (Fsp3) is 0.0769. The zero-order valence-corrected chi connectivity index (χ0v) is 17.8. The van der Waals surface area contributed by atoms with Gasteiger partial charge in [-0.3, -0.25) is 4.79 Å². The normalized spacial score (nSPS) is 13.6. The number of Topliss-reactive ketones (excluding diaryl/α,β-unsaturated/α-hetero) is 1. The van der Waals surface area contributed by atoms with E-state index >= 15 is 0 Å². The van der Waals surface area contributed by atoms with Crippen LogP contribution in [0.4, 0.5) is 0 Å². The van der Waals surface area contributed by atoms with Crippen molar-refractivity contribution in [1.29, 1.82) is 0 Å². The van der Waals surface area contributed by atoms with Gasteiger partial charge in [-0.1, -0.05) is 18.2 Å². The lowest BCUT2D eigenvalue weighted by Crippen LogP contribution is -2.07. The first kappa shape index (κ1) is 20.4. The first-order valence-corrected chi connectivity index (χ1v) is 10.1. The van der Waals surface area contributed by atoms with Crippen LogP contribution in [0.15, 0.2) is 76.9 Å². The Hall–Kier alpha value is -4.52. The molecule has 0 spiro atoms. The number of carbonyl (C=O) groups is 2. The van der Waals surface area contributed by atoms with Gasteiger partial charge in [0.05, 0.1) is 19.8 Å². The molecular formula is C26H18O7. The molecule has 1 aromatic heterocycles. The molecule has 33 heavy (non-hydrogen) atoms. The highest BCUT2D eigenvalue weighted by Gasteiger charge is 2.28. The molecule has 1 aliphatic rings. The van der Waals surface area contributed by atoms with Gasteiger partial charge in [0, 0.05) is 23.1 Å². The summed E-state index contributed by atoms with van der Waals surface area (Å²) in [7, 11) is 3.09. The monoisotopic (exact) mass is 442 g/mol. The maximum atomic E-state index is 12.8. The minimum Gasteiger partial charge on any atom is -0.497 e. The number of benzene rings is 3. The second-order valence-corrected chi connectivity index (χ2v) is 7.24. The molecule has 0 saturated carbocycles. The van der Waals surface area contributed by atoms with E-state index in [1.165, 1.54) is 19.2 Å². The van der Waals surface area contributed by atoms with Crippen molar-refractivity contribution in [3.05, 3.63) is 89.4 Å². The largest absolute Gasteiger partial charge is 0.497 e. The Morgan fingerprint density at radius 1 is 0.909 bits per heavy atom. The van der Waals surface area contributed by atoms with Crippen molar-refractivity contribution in [2.24, 2.45) is 0 Å². The lowest BCUT2D eigenvalue weighted by Gasteiger charge is -2.08. The average Bonchev–Trinajstić information content (AvgIpc) is 3.40.